The molecule has 0 aromatic heterocycles. The largest absolute Gasteiger partial charge is 0.500 e. The van der Waals surface area contributed by atoms with Gasteiger partial charge in [0.15, 0.2) is 0 Å². The third-order valence-corrected chi connectivity index (χ3v) is 16.7. The molecular formula is C18H42O6S4Si2. The Morgan fingerprint density at radius 3 is 1.27 bits per heavy atom. The fourth-order valence-corrected chi connectivity index (χ4v) is 13.6. The average molecular weight is 539 g/mol. The molecule has 182 valence electrons. The topological polar surface area (TPSA) is 55.4 Å². The van der Waals surface area contributed by atoms with Crippen LogP contribution in [-0.2, 0) is 55.1 Å². The Balaban J connectivity index is 4.61. The summed E-state index contributed by atoms with van der Waals surface area (Å²) in [5.41, 5.74) is 0. The molecule has 0 aromatic rings. The Hall–Kier alpha value is 1.33. The van der Waals surface area contributed by atoms with E-state index in [0.717, 1.165) is 36.4 Å². The van der Waals surface area contributed by atoms with Gasteiger partial charge in [-0.3, -0.25) is 0 Å². The highest BCUT2D eigenvalue weighted by Crippen LogP contribution is 2.25. The molecule has 30 heavy (non-hydrogen) atoms. The summed E-state index contributed by atoms with van der Waals surface area (Å²) < 4.78 is 35.5. The molecule has 0 aromatic carbocycles. The van der Waals surface area contributed by atoms with Crippen molar-refractivity contribution in [1.29, 1.82) is 0 Å². The van der Waals surface area contributed by atoms with Crippen molar-refractivity contribution in [2.24, 2.45) is 0 Å². The molecule has 6 nitrogen and oxygen atoms in total. The van der Waals surface area contributed by atoms with E-state index in [1.54, 1.807) is 10.8 Å². The summed E-state index contributed by atoms with van der Waals surface area (Å²) in [5, 5.41) is 0. The van der Waals surface area contributed by atoms with Gasteiger partial charge in [-0.1, -0.05) is 10.8 Å². The highest BCUT2D eigenvalue weighted by atomic mass is 33.5. The van der Waals surface area contributed by atoms with Crippen LogP contribution in [-0.4, -0.2) is 68.8 Å². The molecule has 0 N–H and O–H groups in total. The van der Waals surface area contributed by atoms with Gasteiger partial charge < -0.3 is 26.6 Å². The zero-order valence-corrected chi connectivity index (χ0v) is 24.8. The highest BCUT2D eigenvalue weighted by molar-refractivity contribution is 8.97. The van der Waals surface area contributed by atoms with Gasteiger partial charge in [-0.05, 0) is 82.9 Å². The Kier molecular flexibility index (Phi) is 18.6. The standard InChI is InChI=1S/C18H42O6S4Si2/c1-7-19-29(20-8-2,21-9-3)17-13-15-27-28(25,26)16-14-18-30(22-10-4,23-11-5)24-12-6/h7-18H2,1-6H3. The molecular weight excluding hydrogens is 497 g/mol. The van der Waals surface area contributed by atoms with E-state index in [1.807, 2.05) is 41.5 Å². The third kappa shape index (κ3) is 13.1. The molecule has 0 saturated carbocycles. The van der Waals surface area contributed by atoms with Crippen molar-refractivity contribution < 1.29 is 26.6 Å². The van der Waals surface area contributed by atoms with Gasteiger partial charge in [0.1, 0.15) is 0 Å². The molecule has 0 heterocycles. The summed E-state index contributed by atoms with van der Waals surface area (Å²) in [7, 11) is -3.48. The van der Waals surface area contributed by atoms with Crippen LogP contribution in [0.3, 0.4) is 0 Å². The van der Waals surface area contributed by atoms with Gasteiger partial charge in [-0.25, -0.2) is 0 Å². The molecule has 0 radical (unpaired) electrons. The Morgan fingerprint density at radius 2 is 0.933 bits per heavy atom. The second-order valence-electron chi connectivity index (χ2n) is 6.25. The molecule has 0 bridgehead atoms. The number of hydrogen-bond acceptors (Lipinski definition) is 9. The zero-order chi connectivity index (χ0) is 22.9. The van der Waals surface area contributed by atoms with Gasteiger partial charge >= 0.3 is 17.6 Å². The predicted molar refractivity (Wildman–Crippen MR) is 140 cm³/mol. The average Bonchev–Trinajstić information content (AvgIpc) is 2.66. The summed E-state index contributed by atoms with van der Waals surface area (Å²) in [6, 6.07) is 1.56. The predicted octanol–water partition coefficient (Wildman–Crippen LogP) is 4.59. The lowest BCUT2D eigenvalue weighted by Gasteiger charge is -2.29. The Bertz CT molecular complexity index is 491. The number of rotatable bonds is 21. The SMILES string of the molecule is CCO[Si](CCCSS(=S)(=S)CCC[Si](OCC)(OCC)OCC)(OCC)OCC. The summed E-state index contributed by atoms with van der Waals surface area (Å²) in [6.07, 6.45) is 0.226. The highest BCUT2D eigenvalue weighted by Gasteiger charge is 2.40. The minimum absolute atomic E-state index is 0.589. The van der Waals surface area contributed by atoms with Crippen molar-refractivity contribution in [2.75, 3.05) is 51.1 Å². The molecule has 0 atom stereocenters. The second kappa shape index (κ2) is 17.8. The van der Waals surface area contributed by atoms with Gasteiger partial charge in [0.2, 0.25) is 0 Å². The van der Waals surface area contributed by atoms with Crippen LogP contribution in [0.5, 0.6) is 0 Å². The van der Waals surface area contributed by atoms with E-state index in [1.165, 1.54) is 0 Å². The molecule has 0 spiro atoms. The van der Waals surface area contributed by atoms with E-state index in [0.29, 0.717) is 39.6 Å². The van der Waals surface area contributed by atoms with E-state index in [9.17, 15) is 0 Å². The van der Waals surface area contributed by atoms with Crippen LogP contribution in [0.4, 0.5) is 0 Å². The fourth-order valence-electron chi connectivity index (χ4n) is 3.00. The van der Waals surface area contributed by atoms with Crippen LogP contribution in [0.1, 0.15) is 54.4 Å². The maximum atomic E-state index is 5.92. The first-order valence-electron chi connectivity index (χ1n) is 11.0. The first-order valence-corrected chi connectivity index (χ1v) is 20.0. The molecule has 0 aliphatic heterocycles. The maximum Gasteiger partial charge on any atom is 0.500 e. The van der Waals surface area contributed by atoms with Crippen molar-refractivity contribution in [3.63, 3.8) is 0 Å². The van der Waals surface area contributed by atoms with Gasteiger partial charge in [-0.2, -0.15) is 0 Å². The molecule has 0 fully saturated rings. The van der Waals surface area contributed by atoms with E-state index >= 15 is 0 Å². The lowest BCUT2D eigenvalue weighted by atomic mass is 10.6. The molecule has 12 heteroatoms. The van der Waals surface area contributed by atoms with E-state index in [4.69, 9.17) is 48.9 Å². The van der Waals surface area contributed by atoms with Crippen molar-refractivity contribution >= 4 is 57.0 Å². The zero-order valence-electron chi connectivity index (χ0n) is 19.6. The Morgan fingerprint density at radius 1 is 0.600 bits per heavy atom. The van der Waals surface area contributed by atoms with E-state index in [2.05, 4.69) is 0 Å². The molecule has 0 amide bonds. The summed E-state index contributed by atoms with van der Waals surface area (Å²) in [5.74, 6) is 1.71. The van der Waals surface area contributed by atoms with Gasteiger partial charge in [0.05, 0.1) is 0 Å². The van der Waals surface area contributed by atoms with Crippen LogP contribution < -0.4 is 0 Å². The second-order valence-corrected chi connectivity index (χ2v) is 21.6. The summed E-state index contributed by atoms with van der Waals surface area (Å²) in [4.78, 5) is 0. The van der Waals surface area contributed by atoms with Crippen LogP contribution in [0.2, 0.25) is 12.1 Å². The first-order chi connectivity index (χ1) is 14.3. The molecule has 0 saturated heterocycles. The first kappa shape index (κ1) is 31.3. The van der Waals surface area contributed by atoms with E-state index < -0.39 is 23.8 Å². The Labute approximate surface area is 200 Å². The summed E-state index contributed by atoms with van der Waals surface area (Å²) in [6.45, 7) is 15.4. The van der Waals surface area contributed by atoms with Crippen LogP contribution in [0, 0.1) is 0 Å². The lowest BCUT2D eigenvalue weighted by molar-refractivity contribution is 0.0704. The van der Waals surface area contributed by atoms with Gasteiger partial charge in [0, 0.05) is 63.2 Å². The minimum atomic E-state index is -2.62. The van der Waals surface area contributed by atoms with Crippen molar-refractivity contribution in [1.82, 2.24) is 0 Å². The van der Waals surface area contributed by atoms with Crippen molar-refractivity contribution in [2.45, 2.75) is 66.5 Å². The van der Waals surface area contributed by atoms with E-state index in [-0.39, 0.29) is 0 Å². The van der Waals surface area contributed by atoms with Crippen molar-refractivity contribution in [3.05, 3.63) is 0 Å². The van der Waals surface area contributed by atoms with Crippen LogP contribution >= 0.6 is 10.8 Å². The molecule has 0 aliphatic carbocycles. The monoisotopic (exact) mass is 538 g/mol. The summed E-state index contributed by atoms with van der Waals surface area (Å²) >= 11 is 11.5. The maximum absolute atomic E-state index is 5.92. The minimum Gasteiger partial charge on any atom is -0.374 e. The molecule has 0 rings (SSSR count). The normalized spacial score (nSPS) is 13.1. The third-order valence-electron chi connectivity index (χ3n) is 3.95. The quantitative estimate of drug-likeness (QED) is 0.119. The van der Waals surface area contributed by atoms with Gasteiger partial charge in [0.25, 0.3) is 0 Å². The smallest absolute Gasteiger partial charge is 0.374 e. The number of hydrogen-bond donors (Lipinski definition) is 0. The van der Waals surface area contributed by atoms with Crippen LogP contribution in [0.25, 0.3) is 0 Å². The lowest BCUT2D eigenvalue weighted by Crippen LogP contribution is -2.46. The van der Waals surface area contributed by atoms with Gasteiger partial charge in [-0.15, -0.1) is 0 Å². The van der Waals surface area contributed by atoms with Crippen molar-refractivity contribution in [3.8, 4) is 0 Å². The van der Waals surface area contributed by atoms with Crippen LogP contribution in [0.15, 0.2) is 0 Å². The molecule has 0 aliphatic rings. The fraction of sp³-hybridized carbons (Fsp3) is 1.00. The molecule has 0 unspecified atom stereocenters.